The van der Waals surface area contributed by atoms with Crippen molar-refractivity contribution < 1.29 is 18.0 Å². The molecule has 1 aromatic carbocycles. The Labute approximate surface area is 193 Å². The second-order valence-corrected chi connectivity index (χ2v) is 9.31. The summed E-state index contributed by atoms with van der Waals surface area (Å²) in [6.07, 6.45) is 8.40. The number of carbonyl (C=O) groups is 1. The minimum atomic E-state index is -1.04. The summed E-state index contributed by atoms with van der Waals surface area (Å²) in [5, 5.41) is 2.55. The first-order valence-electron chi connectivity index (χ1n) is 11.3. The van der Waals surface area contributed by atoms with Crippen LogP contribution in [-0.2, 0) is 11.3 Å². The van der Waals surface area contributed by atoms with E-state index in [2.05, 4.69) is 30.4 Å². The summed E-state index contributed by atoms with van der Waals surface area (Å²) in [4.78, 5) is 17.5. The van der Waals surface area contributed by atoms with Crippen LogP contribution in [0, 0.1) is 23.4 Å². The monoisotopic (exact) mass is 457 g/mol. The van der Waals surface area contributed by atoms with Gasteiger partial charge in [0.15, 0.2) is 0 Å². The van der Waals surface area contributed by atoms with Crippen LogP contribution in [0.3, 0.4) is 0 Å². The number of piperidine rings is 1. The van der Waals surface area contributed by atoms with E-state index in [-0.39, 0.29) is 5.56 Å². The Morgan fingerprint density at radius 2 is 1.91 bits per heavy atom. The highest BCUT2D eigenvalue weighted by molar-refractivity contribution is 5.99. The first kappa shape index (κ1) is 23.4. The number of carbonyl (C=O) groups excluding carboxylic acids is 1. The lowest BCUT2D eigenvalue weighted by atomic mass is 9.91. The van der Waals surface area contributed by atoms with Gasteiger partial charge in [-0.25, -0.2) is 13.2 Å². The molecule has 1 aromatic rings. The zero-order valence-corrected chi connectivity index (χ0v) is 19.1. The second-order valence-electron chi connectivity index (χ2n) is 9.31. The van der Waals surface area contributed by atoms with Crippen LogP contribution in [0.15, 0.2) is 60.0 Å². The fourth-order valence-corrected chi connectivity index (χ4v) is 5.41. The standard InChI is InChI=1S/C26H30F3N3O/c1-5-25-16(3)15(2)22(26(33)30-12-21-23(28)10-18(27)11-24(21)29)14-32(25)13-20-9-17-6-7-19(8-17)31(20)4/h5,10-11,14,17,19-20H,1-2,6-9,12-13H2,3-4H3,(H,30,33). The Hall–Kier alpha value is -2.80. The number of likely N-dealkylation sites (tertiary alicyclic amines) is 1. The number of hydrogen-bond donors (Lipinski definition) is 1. The fraction of sp³-hybridized carbons (Fsp3) is 0.423. The summed E-state index contributed by atoms with van der Waals surface area (Å²) in [5.74, 6) is -2.82. The van der Waals surface area contributed by atoms with Crippen molar-refractivity contribution >= 4 is 5.91 Å². The quantitative estimate of drug-likeness (QED) is 0.666. The lowest BCUT2D eigenvalue weighted by Gasteiger charge is -2.41. The van der Waals surface area contributed by atoms with E-state index in [9.17, 15) is 18.0 Å². The Balaban J connectivity index is 1.53. The van der Waals surface area contributed by atoms with Gasteiger partial charge in [-0.2, -0.15) is 0 Å². The normalized spacial score (nSPS) is 25.4. The van der Waals surface area contributed by atoms with Crippen molar-refractivity contribution in [1.29, 1.82) is 0 Å². The van der Waals surface area contributed by atoms with Crippen molar-refractivity contribution in [3.8, 4) is 0 Å². The van der Waals surface area contributed by atoms with Gasteiger partial charge in [-0.3, -0.25) is 9.69 Å². The summed E-state index contributed by atoms with van der Waals surface area (Å²) in [5.41, 5.74) is 2.22. The Bertz CT molecular complexity index is 1040. The second kappa shape index (κ2) is 9.21. The predicted octanol–water partition coefficient (Wildman–Crippen LogP) is 4.81. The van der Waals surface area contributed by atoms with Crippen LogP contribution in [0.5, 0.6) is 0 Å². The van der Waals surface area contributed by atoms with Gasteiger partial charge in [-0.15, -0.1) is 0 Å². The van der Waals surface area contributed by atoms with Crippen LogP contribution in [0.25, 0.3) is 0 Å². The molecule has 0 aromatic heterocycles. The molecule has 1 saturated carbocycles. The highest BCUT2D eigenvalue weighted by atomic mass is 19.1. The SMILES string of the molecule is C=CC1=C(C)C(=C)C(C(=O)NCc2c(F)cc(F)cc2F)=CN1CC1CC2CCC(C2)N1C. The number of rotatable bonds is 6. The minimum absolute atomic E-state index is 0.336. The largest absolute Gasteiger partial charge is 0.348 e. The van der Waals surface area contributed by atoms with Gasteiger partial charge in [-0.1, -0.05) is 13.2 Å². The number of fused-ring (bicyclic) bond motifs is 2. The molecule has 33 heavy (non-hydrogen) atoms. The van der Waals surface area contributed by atoms with Gasteiger partial charge >= 0.3 is 0 Å². The fourth-order valence-electron chi connectivity index (χ4n) is 5.41. The third-order valence-electron chi connectivity index (χ3n) is 7.40. The molecule has 176 valence electrons. The maximum atomic E-state index is 14.0. The highest BCUT2D eigenvalue weighted by Gasteiger charge is 2.39. The van der Waals surface area contributed by atoms with Gasteiger partial charge in [0.2, 0.25) is 0 Å². The molecule has 0 spiro atoms. The first-order chi connectivity index (χ1) is 15.7. The molecule has 3 unspecified atom stereocenters. The minimum Gasteiger partial charge on any atom is -0.348 e. The maximum Gasteiger partial charge on any atom is 0.253 e. The third-order valence-corrected chi connectivity index (χ3v) is 7.40. The number of hydrogen-bond acceptors (Lipinski definition) is 3. The Kier molecular flexibility index (Phi) is 6.52. The number of allylic oxidation sites excluding steroid dienone is 2. The van der Waals surface area contributed by atoms with Gasteiger partial charge < -0.3 is 10.2 Å². The molecular weight excluding hydrogens is 427 g/mol. The van der Waals surface area contributed by atoms with E-state index in [1.54, 1.807) is 12.3 Å². The topological polar surface area (TPSA) is 35.6 Å². The van der Waals surface area contributed by atoms with E-state index in [1.165, 1.54) is 19.3 Å². The number of nitrogens with zero attached hydrogens (tertiary/aromatic N) is 2. The molecule has 1 saturated heterocycles. The van der Waals surface area contributed by atoms with E-state index in [0.29, 0.717) is 41.9 Å². The molecule has 1 aliphatic carbocycles. The summed E-state index contributed by atoms with van der Waals surface area (Å²) < 4.78 is 41.1. The number of benzene rings is 1. The molecule has 2 bridgehead atoms. The molecule has 0 radical (unpaired) electrons. The van der Waals surface area contributed by atoms with Crippen molar-refractivity contribution in [1.82, 2.24) is 15.1 Å². The zero-order valence-electron chi connectivity index (χ0n) is 19.1. The van der Waals surface area contributed by atoms with E-state index >= 15 is 0 Å². The summed E-state index contributed by atoms with van der Waals surface area (Å²) in [6, 6.07) is 2.16. The van der Waals surface area contributed by atoms with E-state index in [1.807, 2.05) is 11.8 Å². The van der Waals surface area contributed by atoms with Crippen molar-refractivity contribution in [3.63, 3.8) is 0 Å². The lowest BCUT2D eigenvalue weighted by molar-refractivity contribution is -0.117. The molecule has 4 rings (SSSR count). The molecule has 3 aliphatic rings. The van der Waals surface area contributed by atoms with Crippen molar-refractivity contribution in [2.75, 3.05) is 13.6 Å². The molecule has 2 fully saturated rings. The molecular formula is C26H30F3N3O. The Morgan fingerprint density at radius 1 is 1.21 bits per heavy atom. The Morgan fingerprint density at radius 3 is 2.58 bits per heavy atom. The van der Waals surface area contributed by atoms with Crippen LogP contribution >= 0.6 is 0 Å². The maximum absolute atomic E-state index is 14.0. The molecule has 2 aliphatic heterocycles. The highest BCUT2D eigenvalue weighted by Crippen LogP contribution is 2.40. The lowest BCUT2D eigenvalue weighted by Crippen LogP contribution is -2.48. The van der Waals surface area contributed by atoms with Crippen LogP contribution < -0.4 is 5.32 Å². The molecule has 4 nitrogen and oxygen atoms in total. The first-order valence-corrected chi connectivity index (χ1v) is 11.3. The molecule has 1 amide bonds. The van der Waals surface area contributed by atoms with Gasteiger partial charge in [0, 0.05) is 54.8 Å². The van der Waals surface area contributed by atoms with Crippen LogP contribution in [0.2, 0.25) is 0 Å². The van der Waals surface area contributed by atoms with Gasteiger partial charge in [0.25, 0.3) is 5.91 Å². The van der Waals surface area contributed by atoms with Crippen LogP contribution in [0.4, 0.5) is 13.2 Å². The number of nitrogens with one attached hydrogen (secondary N) is 1. The van der Waals surface area contributed by atoms with Crippen LogP contribution in [0.1, 0.15) is 38.2 Å². The molecule has 7 heteroatoms. The third kappa shape index (κ3) is 4.51. The van der Waals surface area contributed by atoms with Crippen molar-refractivity contribution in [2.24, 2.45) is 5.92 Å². The van der Waals surface area contributed by atoms with Gasteiger partial charge in [-0.05, 0) is 62.8 Å². The number of halogens is 3. The van der Waals surface area contributed by atoms with E-state index in [4.69, 9.17) is 0 Å². The average Bonchev–Trinajstić information content (AvgIpc) is 3.17. The smallest absolute Gasteiger partial charge is 0.253 e. The van der Waals surface area contributed by atoms with E-state index in [0.717, 1.165) is 23.6 Å². The van der Waals surface area contributed by atoms with Crippen LogP contribution in [-0.4, -0.2) is 41.4 Å². The molecule has 3 atom stereocenters. The van der Waals surface area contributed by atoms with Gasteiger partial charge in [0.1, 0.15) is 17.5 Å². The summed E-state index contributed by atoms with van der Waals surface area (Å²) >= 11 is 0. The molecule has 1 N–H and O–H groups in total. The van der Waals surface area contributed by atoms with Crippen molar-refractivity contribution in [3.05, 3.63) is 83.0 Å². The summed E-state index contributed by atoms with van der Waals surface area (Å²) in [7, 11) is 2.17. The number of likely N-dealkylation sites (N-methyl/N-ethyl adjacent to an activating group) is 1. The van der Waals surface area contributed by atoms with Gasteiger partial charge in [0.05, 0.1) is 5.57 Å². The average molecular weight is 458 g/mol. The molecule has 2 heterocycles. The van der Waals surface area contributed by atoms with E-state index < -0.39 is 29.9 Å². The zero-order chi connectivity index (χ0) is 23.9. The van der Waals surface area contributed by atoms with Crippen molar-refractivity contribution in [2.45, 2.75) is 51.2 Å². The number of amides is 1. The summed E-state index contributed by atoms with van der Waals surface area (Å²) in [6.45, 7) is 10.2. The predicted molar refractivity (Wildman–Crippen MR) is 122 cm³/mol.